The summed E-state index contributed by atoms with van der Waals surface area (Å²) in [5.41, 5.74) is 4.36. The van der Waals surface area contributed by atoms with Crippen molar-refractivity contribution in [2.24, 2.45) is 17.3 Å². The molecule has 3 saturated carbocycles. The third-order valence-corrected chi connectivity index (χ3v) is 8.17. The number of aromatic carboxylic acids is 1. The summed E-state index contributed by atoms with van der Waals surface area (Å²) >= 11 is 0. The van der Waals surface area contributed by atoms with E-state index in [1.165, 1.54) is 32.1 Å². The molecule has 3 heteroatoms. The Hall–Kier alpha value is -2.81. The van der Waals surface area contributed by atoms with Crippen LogP contribution in [0.4, 0.5) is 0 Å². The van der Waals surface area contributed by atoms with E-state index in [2.05, 4.69) is 25.1 Å². The highest BCUT2D eigenvalue weighted by atomic mass is 16.4. The molecule has 0 heterocycles. The highest BCUT2D eigenvalue weighted by molar-refractivity contribution is 5.95. The van der Waals surface area contributed by atoms with Crippen molar-refractivity contribution in [1.29, 1.82) is 0 Å². The van der Waals surface area contributed by atoms with Gasteiger partial charge in [0.25, 0.3) is 0 Å². The van der Waals surface area contributed by atoms with Crippen LogP contribution in [-0.4, -0.2) is 16.2 Å². The average Bonchev–Trinajstić information content (AvgIpc) is 3.28. The number of hydrogen-bond donors (Lipinski definition) is 2. The molecule has 0 radical (unpaired) electrons. The summed E-state index contributed by atoms with van der Waals surface area (Å²) in [6, 6.07) is 17.5. The summed E-state index contributed by atoms with van der Waals surface area (Å²) in [5.74, 6) is 1.11. The van der Waals surface area contributed by atoms with Gasteiger partial charge < -0.3 is 10.2 Å². The molecule has 4 unspecified atom stereocenters. The predicted molar refractivity (Wildman–Crippen MR) is 118 cm³/mol. The lowest BCUT2D eigenvalue weighted by Crippen LogP contribution is -2.33. The number of benzene rings is 3. The predicted octanol–water partition coefficient (Wildman–Crippen LogP) is 6.38. The van der Waals surface area contributed by atoms with Gasteiger partial charge in [-0.05, 0) is 102 Å². The summed E-state index contributed by atoms with van der Waals surface area (Å²) in [6.07, 6.45) is 6.40. The minimum absolute atomic E-state index is 0.133. The van der Waals surface area contributed by atoms with Crippen LogP contribution >= 0.6 is 0 Å². The third kappa shape index (κ3) is 2.54. The molecular formula is C27H26O3. The highest BCUT2D eigenvalue weighted by Gasteiger charge is 2.68. The van der Waals surface area contributed by atoms with Gasteiger partial charge in [-0.25, -0.2) is 4.79 Å². The smallest absolute Gasteiger partial charge is 0.335 e. The summed E-state index contributed by atoms with van der Waals surface area (Å²) in [7, 11) is 0. The second-order valence-electron chi connectivity index (χ2n) is 10.3. The Balaban J connectivity index is 1.42. The molecule has 0 aliphatic heterocycles. The van der Waals surface area contributed by atoms with Crippen molar-refractivity contribution in [2.75, 3.05) is 0 Å². The van der Waals surface area contributed by atoms with Gasteiger partial charge in [-0.1, -0.05) is 31.2 Å². The van der Waals surface area contributed by atoms with Crippen molar-refractivity contribution >= 4 is 16.7 Å². The molecule has 3 fully saturated rings. The average molecular weight is 399 g/mol. The van der Waals surface area contributed by atoms with Crippen molar-refractivity contribution < 1.29 is 15.0 Å². The topological polar surface area (TPSA) is 57.5 Å². The first-order chi connectivity index (χ1) is 14.4. The first kappa shape index (κ1) is 18.0. The van der Waals surface area contributed by atoms with Crippen LogP contribution in [0.2, 0.25) is 0 Å². The molecule has 152 valence electrons. The SMILES string of the molecule is CC1CC2(c3cc(-c4ccc5cc(C(=O)O)ccc5c4)ccc3O)CC3CC3(C1)C2. The first-order valence-electron chi connectivity index (χ1n) is 11.0. The fourth-order valence-corrected chi connectivity index (χ4v) is 7.08. The summed E-state index contributed by atoms with van der Waals surface area (Å²) in [5, 5.41) is 22.0. The Morgan fingerprint density at radius 2 is 1.63 bits per heavy atom. The quantitative estimate of drug-likeness (QED) is 0.538. The molecule has 3 aromatic rings. The van der Waals surface area contributed by atoms with Crippen molar-refractivity contribution in [3.05, 3.63) is 65.7 Å². The zero-order valence-corrected chi connectivity index (χ0v) is 17.2. The minimum atomic E-state index is -0.905. The number of rotatable bonds is 3. The number of phenolic OH excluding ortho intramolecular Hbond substituents is 1. The van der Waals surface area contributed by atoms with Crippen LogP contribution in [0.5, 0.6) is 5.75 Å². The van der Waals surface area contributed by atoms with Gasteiger partial charge in [-0.3, -0.25) is 0 Å². The van der Waals surface area contributed by atoms with Crippen LogP contribution in [0, 0.1) is 17.3 Å². The van der Waals surface area contributed by atoms with Gasteiger partial charge in [0.15, 0.2) is 0 Å². The molecule has 2 bridgehead atoms. The lowest BCUT2D eigenvalue weighted by Gasteiger charge is -2.41. The van der Waals surface area contributed by atoms with Crippen LogP contribution in [-0.2, 0) is 5.41 Å². The van der Waals surface area contributed by atoms with Gasteiger partial charge in [-0.2, -0.15) is 0 Å². The van der Waals surface area contributed by atoms with Crippen LogP contribution in [0.15, 0.2) is 54.6 Å². The summed E-state index contributed by atoms with van der Waals surface area (Å²) in [4.78, 5) is 11.2. The number of hydrogen-bond acceptors (Lipinski definition) is 2. The standard InChI is InChI=1S/C27H26O3/c1-16-11-26-13-22(26)14-27(12-16,15-26)23-10-20(6-7-24(23)28)18-2-3-19-9-21(25(29)30)5-4-17(19)8-18/h2-10,16,22,28H,11-15H2,1H3,(H,29,30). The highest BCUT2D eigenvalue weighted by Crippen LogP contribution is 2.76. The maximum Gasteiger partial charge on any atom is 0.335 e. The van der Waals surface area contributed by atoms with Gasteiger partial charge in [0.05, 0.1) is 5.56 Å². The van der Waals surface area contributed by atoms with E-state index >= 15 is 0 Å². The lowest BCUT2D eigenvalue weighted by atomic mass is 9.63. The van der Waals surface area contributed by atoms with Crippen molar-refractivity contribution in [2.45, 2.75) is 44.4 Å². The Morgan fingerprint density at radius 1 is 0.900 bits per heavy atom. The van der Waals surface area contributed by atoms with E-state index in [9.17, 15) is 15.0 Å². The second kappa shape index (κ2) is 5.87. The van der Waals surface area contributed by atoms with E-state index in [1.807, 2.05) is 24.3 Å². The molecule has 0 saturated heterocycles. The molecule has 3 nitrogen and oxygen atoms in total. The normalized spacial score (nSPS) is 31.5. The van der Waals surface area contributed by atoms with Gasteiger partial charge >= 0.3 is 5.97 Å². The Bertz CT molecular complexity index is 1210. The van der Waals surface area contributed by atoms with Crippen molar-refractivity contribution in [3.8, 4) is 16.9 Å². The number of carboxylic acids is 1. The number of aromatic hydroxyl groups is 1. The number of carboxylic acid groups (broad SMARTS) is 1. The molecule has 3 aromatic carbocycles. The first-order valence-corrected chi connectivity index (χ1v) is 11.0. The monoisotopic (exact) mass is 398 g/mol. The van der Waals surface area contributed by atoms with Crippen molar-refractivity contribution in [3.63, 3.8) is 0 Å². The molecule has 3 aliphatic carbocycles. The molecule has 0 amide bonds. The van der Waals surface area contributed by atoms with Gasteiger partial charge in [0.2, 0.25) is 0 Å². The van der Waals surface area contributed by atoms with Crippen LogP contribution < -0.4 is 0 Å². The van der Waals surface area contributed by atoms with Gasteiger partial charge in [0.1, 0.15) is 5.75 Å². The van der Waals surface area contributed by atoms with Crippen LogP contribution in [0.3, 0.4) is 0 Å². The molecule has 0 aromatic heterocycles. The van der Waals surface area contributed by atoms with Crippen molar-refractivity contribution in [1.82, 2.24) is 0 Å². The molecule has 3 aliphatic rings. The summed E-state index contributed by atoms with van der Waals surface area (Å²) in [6.45, 7) is 2.38. The fourth-order valence-electron chi connectivity index (χ4n) is 7.08. The number of carbonyl (C=O) groups is 1. The molecule has 30 heavy (non-hydrogen) atoms. The van der Waals surface area contributed by atoms with Gasteiger partial charge in [-0.15, -0.1) is 0 Å². The number of phenols is 1. The van der Waals surface area contributed by atoms with E-state index in [0.717, 1.165) is 39.3 Å². The number of fused-ring (bicyclic) bond motifs is 2. The lowest BCUT2D eigenvalue weighted by molar-refractivity contribution is 0.0697. The van der Waals surface area contributed by atoms with Crippen LogP contribution in [0.25, 0.3) is 21.9 Å². The summed E-state index contributed by atoms with van der Waals surface area (Å²) < 4.78 is 0. The third-order valence-electron chi connectivity index (χ3n) is 8.17. The zero-order valence-electron chi connectivity index (χ0n) is 17.2. The molecular weight excluding hydrogens is 372 g/mol. The molecule has 1 spiro atoms. The van der Waals surface area contributed by atoms with E-state index in [-0.39, 0.29) is 5.41 Å². The maximum absolute atomic E-state index is 11.2. The minimum Gasteiger partial charge on any atom is -0.508 e. The van der Waals surface area contributed by atoms with E-state index < -0.39 is 5.97 Å². The second-order valence-corrected chi connectivity index (χ2v) is 10.3. The fraction of sp³-hybridized carbons (Fsp3) is 0.370. The zero-order chi connectivity index (χ0) is 20.7. The Kier molecular flexibility index (Phi) is 3.52. The van der Waals surface area contributed by atoms with Gasteiger partial charge in [0, 0.05) is 11.0 Å². The maximum atomic E-state index is 11.2. The van der Waals surface area contributed by atoms with E-state index in [1.54, 1.807) is 12.1 Å². The van der Waals surface area contributed by atoms with E-state index in [0.29, 0.717) is 16.7 Å². The molecule has 4 atom stereocenters. The largest absolute Gasteiger partial charge is 0.508 e. The molecule has 2 N–H and O–H groups in total. The Morgan fingerprint density at radius 3 is 2.47 bits per heavy atom. The Labute approximate surface area is 176 Å². The van der Waals surface area contributed by atoms with E-state index in [4.69, 9.17) is 0 Å². The molecule has 6 rings (SSSR count). The van der Waals surface area contributed by atoms with Crippen LogP contribution in [0.1, 0.15) is 54.9 Å².